The van der Waals surface area contributed by atoms with E-state index in [-0.39, 0.29) is 6.09 Å². The van der Waals surface area contributed by atoms with Gasteiger partial charge in [-0.3, -0.25) is 0 Å². The van der Waals surface area contributed by atoms with E-state index in [0.29, 0.717) is 32.8 Å². The van der Waals surface area contributed by atoms with E-state index >= 15 is 0 Å². The summed E-state index contributed by atoms with van der Waals surface area (Å²) in [5, 5.41) is 0. The zero-order chi connectivity index (χ0) is 20.1. The van der Waals surface area contributed by atoms with Gasteiger partial charge in [0.25, 0.3) is 0 Å². The van der Waals surface area contributed by atoms with Crippen LogP contribution in [0.1, 0.15) is 6.92 Å². The third kappa shape index (κ3) is 4.49. The molecule has 154 valence electrons. The number of ether oxygens (including phenoxy) is 1. The number of nitrogens with zero attached hydrogens (tertiary/aromatic N) is 7. The molecule has 0 aliphatic carbocycles. The van der Waals surface area contributed by atoms with Crippen LogP contribution in [0.4, 0.5) is 22.4 Å². The smallest absolute Gasteiger partial charge is 0.409 e. The summed E-state index contributed by atoms with van der Waals surface area (Å²) in [6, 6.07) is 7.98. The Kier molecular flexibility index (Phi) is 5.92. The molecule has 2 aromatic rings. The van der Waals surface area contributed by atoms with E-state index in [9.17, 15) is 4.79 Å². The average Bonchev–Trinajstić information content (AvgIpc) is 2.80. The third-order valence-electron chi connectivity index (χ3n) is 5.29. The van der Waals surface area contributed by atoms with Crippen LogP contribution >= 0.6 is 0 Å². The van der Waals surface area contributed by atoms with E-state index in [2.05, 4.69) is 24.7 Å². The summed E-state index contributed by atoms with van der Waals surface area (Å²) in [5.74, 6) is 2.69. The zero-order valence-corrected chi connectivity index (χ0v) is 16.8. The fourth-order valence-corrected chi connectivity index (χ4v) is 3.68. The fourth-order valence-electron chi connectivity index (χ4n) is 3.68. The van der Waals surface area contributed by atoms with Gasteiger partial charge in [-0.1, -0.05) is 6.07 Å². The second-order valence-electron chi connectivity index (χ2n) is 7.05. The largest absolute Gasteiger partial charge is 0.450 e. The first kappa shape index (κ1) is 19.2. The summed E-state index contributed by atoms with van der Waals surface area (Å²) in [6.45, 7) is 8.48. The van der Waals surface area contributed by atoms with E-state index in [1.165, 1.54) is 0 Å². The van der Waals surface area contributed by atoms with Gasteiger partial charge in [0.15, 0.2) is 0 Å². The molecule has 0 unspecified atom stereocenters. The van der Waals surface area contributed by atoms with Gasteiger partial charge in [0.1, 0.15) is 11.6 Å². The van der Waals surface area contributed by atoms with Gasteiger partial charge in [-0.05, 0) is 25.1 Å². The first-order chi connectivity index (χ1) is 14.2. The maximum atomic E-state index is 11.9. The van der Waals surface area contributed by atoms with Crippen molar-refractivity contribution in [1.82, 2.24) is 19.9 Å². The molecule has 0 spiro atoms. The third-order valence-corrected chi connectivity index (χ3v) is 5.29. The lowest BCUT2D eigenvalue weighted by Gasteiger charge is -2.37. The van der Waals surface area contributed by atoms with E-state index in [4.69, 9.17) is 9.72 Å². The molecule has 2 aliphatic rings. The van der Waals surface area contributed by atoms with Crippen molar-refractivity contribution < 1.29 is 9.53 Å². The molecule has 2 saturated heterocycles. The molecule has 0 N–H and O–H groups in total. The van der Waals surface area contributed by atoms with Crippen molar-refractivity contribution in [3.8, 4) is 0 Å². The fraction of sp³-hybridized carbons (Fsp3) is 0.500. The molecule has 0 saturated carbocycles. The highest BCUT2D eigenvalue weighted by molar-refractivity contribution is 5.68. The number of amides is 1. The molecule has 9 heteroatoms. The van der Waals surface area contributed by atoms with Crippen molar-refractivity contribution >= 4 is 23.7 Å². The molecule has 0 aromatic carbocycles. The van der Waals surface area contributed by atoms with Crippen molar-refractivity contribution in [2.45, 2.75) is 6.92 Å². The number of piperazine rings is 2. The monoisotopic (exact) mass is 397 g/mol. The Morgan fingerprint density at radius 3 is 2.21 bits per heavy atom. The number of carbonyl (C=O) groups is 1. The molecule has 4 heterocycles. The van der Waals surface area contributed by atoms with Crippen LogP contribution in [0.25, 0.3) is 0 Å². The zero-order valence-electron chi connectivity index (χ0n) is 16.8. The first-order valence-corrected chi connectivity index (χ1v) is 10.1. The summed E-state index contributed by atoms with van der Waals surface area (Å²) < 4.78 is 5.08. The predicted octanol–water partition coefficient (Wildman–Crippen LogP) is 1.48. The van der Waals surface area contributed by atoms with Crippen molar-refractivity contribution in [3.63, 3.8) is 0 Å². The Hall–Kier alpha value is -3.10. The van der Waals surface area contributed by atoms with Crippen LogP contribution < -0.4 is 14.7 Å². The second-order valence-corrected chi connectivity index (χ2v) is 7.05. The van der Waals surface area contributed by atoms with Crippen LogP contribution in [-0.2, 0) is 4.74 Å². The van der Waals surface area contributed by atoms with Crippen LogP contribution in [0.15, 0.2) is 36.7 Å². The molecule has 4 rings (SSSR count). The van der Waals surface area contributed by atoms with Crippen LogP contribution in [-0.4, -0.2) is 84.9 Å². The molecular weight excluding hydrogens is 370 g/mol. The predicted molar refractivity (Wildman–Crippen MR) is 112 cm³/mol. The lowest BCUT2D eigenvalue weighted by atomic mass is 10.3. The summed E-state index contributed by atoms with van der Waals surface area (Å²) in [6.07, 6.45) is 3.41. The Morgan fingerprint density at radius 1 is 0.862 bits per heavy atom. The lowest BCUT2D eigenvalue weighted by Crippen LogP contribution is -2.49. The van der Waals surface area contributed by atoms with Crippen molar-refractivity contribution in [1.29, 1.82) is 0 Å². The molecule has 2 aromatic heterocycles. The van der Waals surface area contributed by atoms with Gasteiger partial charge in [-0.15, -0.1) is 0 Å². The van der Waals surface area contributed by atoms with Crippen LogP contribution in [0.5, 0.6) is 0 Å². The topological polar surface area (TPSA) is 77.9 Å². The second kappa shape index (κ2) is 8.93. The van der Waals surface area contributed by atoms with Crippen molar-refractivity contribution in [3.05, 3.63) is 36.7 Å². The number of aromatic nitrogens is 3. The molecule has 1 amide bonds. The standard InChI is InChI=1S/C20H27N7O2/c1-2-29-20(28)27-15-13-26(14-16-27)19-22-8-6-18(23-19)25-11-9-24(10-12-25)17-5-3-4-7-21-17/h3-8H,2,9-16H2,1H3. The van der Waals surface area contributed by atoms with Gasteiger partial charge < -0.3 is 24.3 Å². The molecule has 0 atom stereocenters. The Labute approximate surface area is 170 Å². The van der Waals surface area contributed by atoms with Gasteiger partial charge >= 0.3 is 6.09 Å². The summed E-state index contributed by atoms with van der Waals surface area (Å²) >= 11 is 0. The van der Waals surface area contributed by atoms with Crippen molar-refractivity contribution in [2.24, 2.45) is 0 Å². The Morgan fingerprint density at radius 2 is 1.55 bits per heavy atom. The first-order valence-electron chi connectivity index (χ1n) is 10.1. The summed E-state index contributed by atoms with van der Waals surface area (Å²) in [5.41, 5.74) is 0. The van der Waals surface area contributed by atoms with Gasteiger partial charge in [-0.2, -0.15) is 4.98 Å². The SMILES string of the molecule is CCOC(=O)N1CCN(c2nccc(N3CCN(c4ccccn4)CC3)n2)CC1. The molecular formula is C20H27N7O2. The number of pyridine rings is 1. The quantitative estimate of drug-likeness (QED) is 0.768. The maximum absolute atomic E-state index is 11.9. The molecule has 0 radical (unpaired) electrons. The minimum absolute atomic E-state index is 0.243. The van der Waals surface area contributed by atoms with E-state index < -0.39 is 0 Å². The minimum Gasteiger partial charge on any atom is -0.450 e. The highest BCUT2D eigenvalue weighted by Crippen LogP contribution is 2.20. The van der Waals surface area contributed by atoms with Gasteiger partial charge in [0.05, 0.1) is 6.61 Å². The average molecular weight is 397 g/mol. The summed E-state index contributed by atoms with van der Waals surface area (Å²) in [7, 11) is 0. The number of carbonyl (C=O) groups excluding carboxylic acids is 1. The number of hydrogen-bond acceptors (Lipinski definition) is 8. The number of hydrogen-bond donors (Lipinski definition) is 0. The van der Waals surface area contributed by atoms with Gasteiger partial charge in [0.2, 0.25) is 5.95 Å². The normalized spacial score (nSPS) is 17.4. The number of rotatable bonds is 4. The highest BCUT2D eigenvalue weighted by atomic mass is 16.6. The van der Waals surface area contributed by atoms with Gasteiger partial charge in [0, 0.05) is 64.8 Å². The molecule has 9 nitrogen and oxygen atoms in total. The van der Waals surface area contributed by atoms with E-state index in [1.54, 1.807) is 4.90 Å². The molecule has 2 fully saturated rings. The van der Waals surface area contributed by atoms with Crippen LogP contribution in [0, 0.1) is 0 Å². The highest BCUT2D eigenvalue weighted by Gasteiger charge is 2.24. The number of anilines is 3. The van der Waals surface area contributed by atoms with Gasteiger partial charge in [-0.25, -0.2) is 14.8 Å². The molecule has 29 heavy (non-hydrogen) atoms. The molecule has 0 bridgehead atoms. The maximum Gasteiger partial charge on any atom is 0.409 e. The van der Waals surface area contributed by atoms with E-state index in [0.717, 1.165) is 43.8 Å². The van der Waals surface area contributed by atoms with Crippen LogP contribution in [0.3, 0.4) is 0 Å². The lowest BCUT2D eigenvalue weighted by molar-refractivity contribution is 0.105. The van der Waals surface area contributed by atoms with E-state index in [1.807, 2.05) is 43.6 Å². The Balaban J connectivity index is 1.34. The Bertz CT molecular complexity index is 803. The molecule has 2 aliphatic heterocycles. The minimum atomic E-state index is -0.243. The summed E-state index contributed by atoms with van der Waals surface area (Å²) in [4.78, 5) is 34.0. The van der Waals surface area contributed by atoms with Crippen molar-refractivity contribution in [2.75, 3.05) is 73.7 Å². The van der Waals surface area contributed by atoms with Crippen LogP contribution in [0.2, 0.25) is 0 Å².